The summed E-state index contributed by atoms with van der Waals surface area (Å²) in [4.78, 5) is 11.4. The molecule has 0 aromatic heterocycles. The lowest BCUT2D eigenvalue weighted by molar-refractivity contribution is 0.0596. The zero-order chi connectivity index (χ0) is 11.4. The van der Waals surface area contributed by atoms with E-state index in [2.05, 4.69) is 4.74 Å². The highest BCUT2D eigenvalue weighted by Gasteiger charge is 2.17. The molecule has 0 bridgehead atoms. The van der Waals surface area contributed by atoms with Crippen molar-refractivity contribution in [2.45, 2.75) is 0 Å². The lowest BCUT2D eigenvalue weighted by Gasteiger charge is -2.08. The van der Waals surface area contributed by atoms with Crippen LogP contribution in [0, 0.1) is 14.9 Å². The average Bonchev–Trinajstić information content (AvgIpc) is 2.26. The van der Waals surface area contributed by atoms with Gasteiger partial charge in [0.25, 0.3) is 0 Å². The summed E-state index contributed by atoms with van der Waals surface area (Å²) in [6, 6.07) is 5.10. The fourth-order valence-electron chi connectivity index (χ4n) is 1.11. The van der Waals surface area contributed by atoms with E-state index in [0.29, 0.717) is 20.4 Å². The van der Waals surface area contributed by atoms with Crippen molar-refractivity contribution in [1.82, 2.24) is 0 Å². The predicted octanol–water partition coefficient (Wildman–Crippen LogP) is 1.96. The third-order valence-electron chi connectivity index (χ3n) is 1.79. The number of hydrogen-bond acceptors (Lipinski definition) is 4. The Morgan fingerprint density at radius 2 is 2.13 bits per heavy atom. The maximum atomic E-state index is 11.4. The van der Waals surface area contributed by atoms with Crippen LogP contribution in [0.15, 0.2) is 12.1 Å². The van der Waals surface area contributed by atoms with Gasteiger partial charge in [0.1, 0.15) is 11.3 Å². The summed E-state index contributed by atoms with van der Waals surface area (Å²) in [5.74, 6) is -0.119. The summed E-state index contributed by atoms with van der Waals surface area (Å²) in [6.45, 7) is 0. The van der Waals surface area contributed by atoms with Gasteiger partial charge < -0.3 is 9.47 Å². The number of rotatable bonds is 2. The zero-order valence-corrected chi connectivity index (χ0v) is 10.4. The second kappa shape index (κ2) is 4.98. The van der Waals surface area contributed by atoms with Crippen LogP contribution < -0.4 is 4.74 Å². The van der Waals surface area contributed by atoms with Crippen molar-refractivity contribution in [3.05, 3.63) is 26.8 Å². The average molecular weight is 317 g/mol. The number of ether oxygens (including phenoxy) is 2. The van der Waals surface area contributed by atoms with Crippen molar-refractivity contribution in [2.75, 3.05) is 14.2 Å². The molecule has 15 heavy (non-hydrogen) atoms. The van der Waals surface area contributed by atoms with Crippen LogP contribution in [0.5, 0.6) is 5.75 Å². The van der Waals surface area contributed by atoms with Crippen LogP contribution in [0.3, 0.4) is 0 Å². The number of nitrogens with zero attached hydrogens (tertiary/aromatic N) is 1. The molecule has 78 valence electrons. The molecule has 5 heteroatoms. The molecular formula is C10H8INO3. The molecule has 0 fully saturated rings. The van der Waals surface area contributed by atoms with E-state index in [4.69, 9.17) is 10.00 Å². The second-order valence-electron chi connectivity index (χ2n) is 2.64. The monoisotopic (exact) mass is 317 g/mol. The Hall–Kier alpha value is -1.29. The van der Waals surface area contributed by atoms with Crippen LogP contribution in [0.4, 0.5) is 0 Å². The fraction of sp³-hybridized carbons (Fsp3) is 0.200. The summed E-state index contributed by atoms with van der Waals surface area (Å²) < 4.78 is 10.3. The van der Waals surface area contributed by atoms with Gasteiger partial charge in [-0.2, -0.15) is 5.26 Å². The largest absolute Gasteiger partial charge is 0.496 e. The molecule has 1 rings (SSSR count). The maximum absolute atomic E-state index is 11.4. The van der Waals surface area contributed by atoms with Gasteiger partial charge in [-0.3, -0.25) is 0 Å². The number of benzene rings is 1. The van der Waals surface area contributed by atoms with E-state index in [1.54, 1.807) is 6.07 Å². The predicted molar refractivity (Wildman–Crippen MR) is 61.8 cm³/mol. The minimum Gasteiger partial charge on any atom is -0.496 e. The van der Waals surface area contributed by atoms with E-state index in [-0.39, 0.29) is 0 Å². The molecule has 0 aliphatic rings. The van der Waals surface area contributed by atoms with Gasteiger partial charge in [0, 0.05) is 3.57 Å². The van der Waals surface area contributed by atoms with Gasteiger partial charge in [0.05, 0.1) is 25.9 Å². The number of nitriles is 1. The van der Waals surface area contributed by atoms with Crippen molar-refractivity contribution in [1.29, 1.82) is 5.26 Å². The first-order valence-electron chi connectivity index (χ1n) is 4.00. The van der Waals surface area contributed by atoms with Crippen LogP contribution in [-0.2, 0) is 4.74 Å². The van der Waals surface area contributed by atoms with Gasteiger partial charge in [-0.25, -0.2) is 4.79 Å². The number of halogens is 1. The van der Waals surface area contributed by atoms with Crippen molar-refractivity contribution in [3.63, 3.8) is 0 Å². The number of esters is 1. The SMILES string of the molecule is COC(=O)c1c(I)cc(C#N)cc1OC. The minimum atomic E-state index is -0.472. The molecule has 0 saturated heterocycles. The van der Waals surface area contributed by atoms with E-state index in [9.17, 15) is 4.79 Å². The van der Waals surface area contributed by atoms with Crippen molar-refractivity contribution in [3.8, 4) is 11.8 Å². The first-order valence-corrected chi connectivity index (χ1v) is 5.07. The summed E-state index contributed by atoms with van der Waals surface area (Å²) in [5, 5.41) is 8.74. The molecule has 0 heterocycles. The van der Waals surface area contributed by atoms with E-state index in [1.165, 1.54) is 20.3 Å². The number of methoxy groups -OCH3 is 2. The topological polar surface area (TPSA) is 59.3 Å². The summed E-state index contributed by atoms with van der Waals surface area (Å²) in [5.41, 5.74) is 0.795. The molecule has 0 saturated carbocycles. The molecule has 0 spiro atoms. The van der Waals surface area contributed by atoms with Crippen molar-refractivity contribution >= 4 is 28.6 Å². The Morgan fingerprint density at radius 1 is 1.47 bits per heavy atom. The van der Waals surface area contributed by atoms with E-state index in [1.807, 2.05) is 28.7 Å². The van der Waals surface area contributed by atoms with E-state index >= 15 is 0 Å². The Kier molecular flexibility index (Phi) is 3.91. The summed E-state index contributed by atoms with van der Waals surface area (Å²) in [6.07, 6.45) is 0. The molecule has 0 unspecified atom stereocenters. The van der Waals surface area contributed by atoms with Gasteiger partial charge in [-0.15, -0.1) is 0 Å². The van der Waals surface area contributed by atoms with Crippen LogP contribution in [0.1, 0.15) is 15.9 Å². The highest BCUT2D eigenvalue weighted by atomic mass is 127. The number of carbonyl (C=O) groups is 1. The Labute approximate surface area is 101 Å². The summed E-state index contributed by atoms with van der Waals surface area (Å²) in [7, 11) is 2.75. The van der Waals surface area contributed by atoms with Gasteiger partial charge in [0.15, 0.2) is 0 Å². The standard InChI is InChI=1S/C10H8INO3/c1-14-8-4-6(5-12)3-7(11)9(8)10(13)15-2/h3-4H,1-2H3. The number of hydrogen-bond donors (Lipinski definition) is 0. The molecule has 0 amide bonds. The Morgan fingerprint density at radius 3 is 2.60 bits per heavy atom. The Balaban J connectivity index is 3.39. The second-order valence-corrected chi connectivity index (χ2v) is 3.80. The molecule has 1 aromatic carbocycles. The molecule has 0 aliphatic heterocycles. The number of carbonyl (C=O) groups excluding carboxylic acids is 1. The maximum Gasteiger partial charge on any atom is 0.342 e. The van der Waals surface area contributed by atoms with Crippen LogP contribution in [0.25, 0.3) is 0 Å². The van der Waals surface area contributed by atoms with Crippen molar-refractivity contribution < 1.29 is 14.3 Å². The third-order valence-corrected chi connectivity index (χ3v) is 2.64. The molecule has 0 aliphatic carbocycles. The first-order chi connectivity index (χ1) is 7.13. The zero-order valence-electron chi connectivity index (χ0n) is 8.20. The lowest BCUT2D eigenvalue weighted by atomic mass is 10.1. The summed E-state index contributed by atoms with van der Waals surface area (Å²) >= 11 is 1.96. The molecular weight excluding hydrogens is 309 g/mol. The van der Waals surface area contributed by atoms with Gasteiger partial charge in [-0.1, -0.05) is 0 Å². The van der Waals surface area contributed by atoms with Crippen molar-refractivity contribution in [2.24, 2.45) is 0 Å². The molecule has 0 radical (unpaired) electrons. The molecule has 0 N–H and O–H groups in total. The molecule has 4 nitrogen and oxygen atoms in total. The Bertz CT molecular complexity index is 437. The fourth-order valence-corrected chi connectivity index (χ4v) is 1.93. The van der Waals surface area contributed by atoms with Gasteiger partial charge >= 0.3 is 5.97 Å². The van der Waals surface area contributed by atoms with Gasteiger partial charge in [0.2, 0.25) is 0 Å². The highest BCUT2D eigenvalue weighted by molar-refractivity contribution is 14.1. The van der Waals surface area contributed by atoms with Crippen LogP contribution in [-0.4, -0.2) is 20.2 Å². The normalized spacial score (nSPS) is 9.20. The van der Waals surface area contributed by atoms with Gasteiger partial charge in [-0.05, 0) is 34.7 Å². The quantitative estimate of drug-likeness (QED) is 0.618. The molecule has 1 aromatic rings. The van der Waals surface area contributed by atoms with E-state index < -0.39 is 5.97 Å². The van der Waals surface area contributed by atoms with E-state index in [0.717, 1.165) is 0 Å². The minimum absolute atomic E-state index is 0.347. The lowest BCUT2D eigenvalue weighted by Crippen LogP contribution is -2.07. The first kappa shape index (κ1) is 11.8. The smallest absolute Gasteiger partial charge is 0.342 e. The van der Waals surface area contributed by atoms with Crippen LogP contribution in [0.2, 0.25) is 0 Å². The third kappa shape index (κ3) is 2.39. The van der Waals surface area contributed by atoms with Crippen LogP contribution >= 0.6 is 22.6 Å². The molecule has 0 atom stereocenters. The highest BCUT2D eigenvalue weighted by Crippen LogP contribution is 2.26.